The molecule has 0 unspecified atom stereocenters. The number of hydrogen-bond donors (Lipinski definition) is 0. The molecule has 0 N–H and O–H groups in total. The number of ketones is 1. The van der Waals surface area contributed by atoms with E-state index in [1.165, 1.54) is 13.0 Å². The summed E-state index contributed by atoms with van der Waals surface area (Å²) in [6, 6.07) is 0. The van der Waals surface area contributed by atoms with E-state index in [1.54, 1.807) is 6.08 Å². The van der Waals surface area contributed by atoms with E-state index < -0.39 is 0 Å². The maximum atomic E-state index is 10.3. The molecule has 0 aromatic rings. The van der Waals surface area contributed by atoms with Crippen molar-refractivity contribution in [1.82, 2.24) is 0 Å². The van der Waals surface area contributed by atoms with Gasteiger partial charge in [-0.3, -0.25) is 4.79 Å². The predicted octanol–water partition coefficient (Wildman–Crippen LogP) is 2.25. The Kier molecular flexibility index (Phi) is 5.41. The lowest BCUT2D eigenvalue weighted by Gasteiger charge is -1.71. The lowest BCUT2D eigenvalue weighted by atomic mass is 10.4. The van der Waals surface area contributed by atoms with E-state index in [-0.39, 0.29) is 5.78 Å². The minimum absolute atomic E-state index is 0.0288. The van der Waals surface area contributed by atoms with Crippen molar-refractivity contribution < 1.29 is 4.79 Å². The van der Waals surface area contributed by atoms with E-state index in [0.29, 0.717) is 0 Å². The summed E-state index contributed by atoms with van der Waals surface area (Å²) in [5, 5.41) is 0. The van der Waals surface area contributed by atoms with Gasteiger partial charge in [0, 0.05) is 6.08 Å². The summed E-state index contributed by atoms with van der Waals surface area (Å²) >= 11 is 0. The van der Waals surface area contributed by atoms with Crippen LogP contribution in [0.25, 0.3) is 0 Å². The lowest BCUT2D eigenvalue weighted by molar-refractivity contribution is -0.112. The summed E-state index contributed by atoms with van der Waals surface area (Å²) in [5.41, 5.74) is 2.73. The smallest absolute Gasteiger partial charge is 0.160 e. The molecule has 0 atom stereocenters. The molecule has 0 aromatic carbocycles. The minimum atomic E-state index is 0.0288. The average molecular weight is 136 g/mol. The van der Waals surface area contributed by atoms with Gasteiger partial charge in [0.25, 0.3) is 0 Å². The first-order valence-corrected chi connectivity index (χ1v) is 3.35. The Bertz CT molecular complexity index is 181. The van der Waals surface area contributed by atoms with Crippen LogP contribution in [0.1, 0.15) is 20.3 Å². The minimum Gasteiger partial charge on any atom is -0.294 e. The van der Waals surface area contributed by atoms with Crippen molar-refractivity contribution in [3.8, 4) is 0 Å². The highest BCUT2D eigenvalue weighted by Crippen LogP contribution is 1.79. The van der Waals surface area contributed by atoms with Crippen LogP contribution in [-0.4, -0.2) is 5.78 Å². The number of hydrogen-bond acceptors (Lipinski definition) is 1. The Morgan fingerprint density at radius 3 is 2.80 bits per heavy atom. The van der Waals surface area contributed by atoms with Gasteiger partial charge in [-0.05, 0) is 19.4 Å². The van der Waals surface area contributed by atoms with Crippen molar-refractivity contribution in [2.45, 2.75) is 20.3 Å². The summed E-state index contributed by atoms with van der Waals surface area (Å²) in [7, 11) is 0. The Balaban J connectivity index is 3.75. The quantitative estimate of drug-likeness (QED) is 0.330. The van der Waals surface area contributed by atoms with Gasteiger partial charge in [0.15, 0.2) is 5.78 Å². The molecule has 0 aliphatic rings. The van der Waals surface area contributed by atoms with Gasteiger partial charge < -0.3 is 0 Å². The SMILES string of the molecule is CCC=CC=C=CC(C)=O. The third kappa shape index (κ3) is 6.93. The zero-order valence-corrected chi connectivity index (χ0v) is 6.42. The van der Waals surface area contributed by atoms with E-state index in [0.717, 1.165) is 6.42 Å². The first kappa shape index (κ1) is 8.93. The van der Waals surface area contributed by atoms with Crippen LogP contribution in [0.4, 0.5) is 0 Å². The second kappa shape index (κ2) is 6.06. The van der Waals surface area contributed by atoms with Gasteiger partial charge in [0.1, 0.15) is 0 Å². The Morgan fingerprint density at radius 1 is 1.60 bits per heavy atom. The molecule has 0 saturated carbocycles. The number of rotatable bonds is 3. The van der Waals surface area contributed by atoms with Crippen molar-refractivity contribution in [3.63, 3.8) is 0 Å². The summed E-state index contributed by atoms with van der Waals surface area (Å²) < 4.78 is 0. The molecule has 0 rings (SSSR count). The van der Waals surface area contributed by atoms with Crippen molar-refractivity contribution in [2.75, 3.05) is 0 Å². The third-order valence-electron chi connectivity index (χ3n) is 0.851. The summed E-state index contributed by atoms with van der Waals surface area (Å²) in [6.45, 7) is 3.56. The van der Waals surface area contributed by atoms with Crippen LogP contribution >= 0.6 is 0 Å². The molecule has 10 heavy (non-hydrogen) atoms. The molecule has 0 fully saturated rings. The summed E-state index contributed by atoms with van der Waals surface area (Å²) in [4.78, 5) is 10.3. The van der Waals surface area contributed by atoms with E-state index in [9.17, 15) is 4.79 Å². The van der Waals surface area contributed by atoms with Gasteiger partial charge in [-0.1, -0.05) is 19.1 Å². The largest absolute Gasteiger partial charge is 0.294 e. The Morgan fingerprint density at radius 2 is 2.30 bits per heavy atom. The van der Waals surface area contributed by atoms with Gasteiger partial charge in [-0.2, -0.15) is 0 Å². The molecule has 0 amide bonds. The fourth-order valence-electron chi connectivity index (χ4n) is 0.425. The van der Waals surface area contributed by atoms with E-state index in [4.69, 9.17) is 0 Å². The van der Waals surface area contributed by atoms with Crippen molar-refractivity contribution >= 4 is 5.78 Å². The van der Waals surface area contributed by atoms with Crippen molar-refractivity contribution in [3.05, 3.63) is 30.0 Å². The number of carbonyl (C=O) groups excluding carboxylic acids is 1. The molecule has 0 radical (unpaired) electrons. The molecule has 0 bridgehead atoms. The van der Waals surface area contributed by atoms with Gasteiger partial charge >= 0.3 is 0 Å². The second-order valence-electron chi connectivity index (χ2n) is 1.92. The van der Waals surface area contributed by atoms with Gasteiger partial charge in [-0.25, -0.2) is 0 Å². The fraction of sp³-hybridized carbons (Fsp3) is 0.333. The van der Waals surface area contributed by atoms with Crippen molar-refractivity contribution in [2.24, 2.45) is 0 Å². The molecule has 0 aromatic heterocycles. The zero-order chi connectivity index (χ0) is 7.82. The molecule has 1 nitrogen and oxygen atoms in total. The lowest BCUT2D eigenvalue weighted by Crippen LogP contribution is -1.75. The molecule has 1 heteroatoms. The van der Waals surface area contributed by atoms with Crippen molar-refractivity contribution in [1.29, 1.82) is 0 Å². The molecule has 0 aliphatic carbocycles. The van der Waals surface area contributed by atoms with Crippen LogP contribution in [0.3, 0.4) is 0 Å². The normalized spacial score (nSPS) is 9.00. The Hall–Kier alpha value is -1.07. The van der Waals surface area contributed by atoms with E-state index in [2.05, 4.69) is 12.7 Å². The second-order valence-corrected chi connectivity index (χ2v) is 1.92. The zero-order valence-electron chi connectivity index (χ0n) is 6.42. The molecule has 0 saturated heterocycles. The fourth-order valence-corrected chi connectivity index (χ4v) is 0.425. The van der Waals surface area contributed by atoms with E-state index in [1.807, 2.05) is 12.2 Å². The predicted molar refractivity (Wildman–Crippen MR) is 42.8 cm³/mol. The average Bonchev–Trinajstić information content (AvgIpc) is 1.87. The standard InChI is InChI=1S/C9H12O/c1-3-4-5-6-7-8-9(2)10/h4-6,8H,3H2,1-2H3. The van der Waals surface area contributed by atoms with Gasteiger partial charge in [0.05, 0.1) is 0 Å². The topological polar surface area (TPSA) is 17.1 Å². The molecule has 0 aliphatic heterocycles. The summed E-state index contributed by atoms with van der Waals surface area (Å²) in [6.07, 6.45) is 8.03. The van der Waals surface area contributed by atoms with Crippen LogP contribution in [0, 0.1) is 0 Å². The first-order chi connectivity index (χ1) is 4.77. The molecule has 0 spiro atoms. The third-order valence-corrected chi connectivity index (χ3v) is 0.851. The summed E-state index contributed by atoms with van der Waals surface area (Å²) in [5.74, 6) is 0.0288. The van der Waals surface area contributed by atoms with Crippen LogP contribution in [-0.2, 0) is 4.79 Å². The first-order valence-electron chi connectivity index (χ1n) is 3.35. The van der Waals surface area contributed by atoms with E-state index >= 15 is 0 Å². The number of allylic oxidation sites excluding steroid dienone is 3. The van der Waals surface area contributed by atoms with Crippen LogP contribution in [0.5, 0.6) is 0 Å². The van der Waals surface area contributed by atoms with Crippen LogP contribution in [0.2, 0.25) is 0 Å². The van der Waals surface area contributed by atoms with Gasteiger partial charge in [-0.15, -0.1) is 5.73 Å². The highest BCUT2D eigenvalue weighted by atomic mass is 16.1. The number of carbonyl (C=O) groups is 1. The van der Waals surface area contributed by atoms with Gasteiger partial charge in [0.2, 0.25) is 0 Å². The maximum Gasteiger partial charge on any atom is 0.160 e. The molecular weight excluding hydrogens is 124 g/mol. The molecular formula is C9H12O. The highest BCUT2D eigenvalue weighted by molar-refractivity contribution is 5.86. The monoisotopic (exact) mass is 136 g/mol. The highest BCUT2D eigenvalue weighted by Gasteiger charge is 1.74. The Labute approximate surface area is 61.8 Å². The van der Waals surface area contributed by atoms with Crippen LogP contribution in [0.15, 0.2) is 30.0 Å². The molecule has 54 valence electrons. The van der Waals surface area contributed by atoms with Crippen LogP contribution < -0.4 is 0 Å². The maximum absolute atomic E-state index is 10.3. The molecule has 0 heterocycles.